The molecule has 1 fully saturated rings. The summed E-state index contributed by atoms with van der Waals surface area (Å²) >= 11 is 5.94. The lowest BCUT2D eigenvalue weighted by Gasteiger charge is -2.32. The number of aryl methyl sites for hydroxylation is 1. The number of rotatable bonds is 5. The summed E-state index contributed by atoms with van der Waals surface area (Å²) in [6.45, 7) is 8.03. The Hall–Kier alpha value is -1.24. The standard InChI is InChI=1S/C13H19ClN4O2/c1-3-18-4-5-20-10(7-18)6-15-13-11(8-19)12(14)16-9(2)17-13/h8,10H,3-7H2,1-2H3,(H,15,16,17). The molecule has 1 atom stereocenters. The first kappa shape index (κ1) is 15.2. The maximum atomic E-state index is 11.1. The van der Waals surface area contributed by atoms with Crippen molar-refractivity contribution in [2.75, 3.05) is 38.1 Å². The molecule has 6 nitrogen and oxygen atoms in total. The van der Waals surface area contributed by atoms with Gasteiger partial charge in [0, 0.05) is 19.6 Å². The first-order valence-corrected chi connectivity index (χ1v) is 7.09. The Morgan fingerprint density at radius 3 is 3.05 bits per heavy atom. The number of ether oxygens (including phenoxy) is 1. The summed E-state index contributed by atoms with van der Waals surface area (Å²) in [5.41, 5.74) is 0.292. The first-order valence-electron chi connectivity index (χ1n) is 6.71. The van der Waals surface area contributed by atoms with Crippen LogP contribution in [0.3, 0.4) is 0 Å². The molecule has 110 valence electrons. The lowest BCUT2D eigenvalue weighted by molar-refractivity contribution is -0.0192. The highest BCUT2D eigenvalue weighted by atomic mass is 35.5. The third kappa shape index (κ3) is 3.65. The normalized spacial score (nSPS) is 19.9. The van der Waals surface area contributed by atoms with E-state index in [1.54, 1.807) is 6.92 Å². The van der Waals surface area contributed by atoms with E-state index in [2.05, 4.69) is 27.1 Å². The predicted octanol–water partition coefficient (Wildman–Crippen LogP) is 1.38. The zero-order valence-corrected chi connectivity index (χ0v) is 12.5. The number of likely N-dealkylation sites (N-methyl/N-ethyl adjacent to an activating group) is 1. The Morgan fingerprint density at radius 1 is 1.55 bits per heavy atom. The molecular weight excluding hydrogens is 280 g/mol. The minimum absolute atomic E-state index is 0.0808. The molecule has 0 amide bonds. The van der Waals surface area contributed by atoms with E-state index in [9.17, 15) is 4.79 Å². The summed E-state index contributed by atoms with van der Waals surface area (Å²) in [6.07, 6.45) is 0.752. The molecule has 0 bridgehead atoms. The number of hydrogen-bond acceptors (Lipinski definition) is 6. The molecule has 1 unspecified atom stereocenters. The van der Waals surface area contributed by atoms with E-state index in [1.807, 2.05) is 0 Å². The molecule has 7 heteroatoms. The number of aldehydes is 1. The van der Waals surface area contributed by atoms with Gasteiger partial charge in [-0.25, -0.2) is 9.97 Å². The van der Waals surface area contributed by atoms with Crippen LogP contribution in [0.2, 0.25) is 5.15 Å². The van der Waals surface area contributed by atoms with Crippen molar-refractivity contribution >= 4 is 23.7 Å². The summed E-state index contributed by atoms with van der Waals surface area (Å²) < 4.78 is 5.70. The van der Waals surface area contributed by atoms with Gasteiger partial charge in [0.1, 0.15) is 16.8 Å². The van der Waals surface area contributed by atoms with Crippen molar-refractivity contribution in [3.05, 3.63) is 16.5 Å². The summed E-state index contributed by atoms with van der Waals surface area (Å²) in [4.78, 5) is 21.6. The van der Waals surface area contributed by atoms with Crippen LogP contribution in [0.25, 0.3) is 0 Å². The zero-order chi connectivity index (χ0) is 14.5. The Kier molecular flexibility index (Phi) is 5.28. The van der Waals surface area contributed by atoms with Gasteiger partial charge in [-0.05, 0) is 13.5 Å². The summed E-state index contributed by atoms with van der Waals surface area (Å²) in [6, 6.07) is 0. The quantitative estimate of drug-likeness (QED) is 0.654. The third-order valence-corrected chi connectivity index (χ3v) is 3.58. The number of anilines is 1. The van der Waals surface area contributed by atoms with Gasteiger partial charge in [-0.3, -0.25) is 9.69 Å². The maximum absolute atomic E-state index is 11.1. The van der Waals surface area contributed by atoms with Crippen LogP contribution in [-0.4, -0.2) is 60.0 Å². The molecule has 1 saturated heterocycles. The molecule has 0 aromatic carbocycles. The molecule has 0 aliphatic carbocycles. The average molecular weight is 299 g/mol. The van der Waals surface area contributed by atoms with Crippen molar-refractivity contribution in [3.8, 4) is 0 Å². The van der Waals surface area contributed by atoms with Crippen LogP contribution in [0, 0.1) is 6.92 Å². The van der Waals surface area contributed by atoms with Gasteiger partial charge in [-0.1, -0.05) is 18.5 Å². The Balaban J connectivity index is 2.01. The van der Waals surface area contributed by atoms with E-state index in [0.717, 1.165) is 26.2 Å². The van der Waals surface area contributed by atoms with Gasteiger partial charge < -0.3 is 10.1 Å². The smallest absolute Gasteiger partial charge is 0.156 e. The zero-order valence-electron chi connectivity index (χ0n) is 11.7. The van der Waals surface area contributed by atoms with Crippen molar-refractivity contribution < 1.29 is 9.53 Å². The Labute approximate surface area is 123 Å². The Morgan fingerprint density at radius 2 is 2.35 bits per heavy atom. The highest BCUT2D eigenvalue weighted by molar-refractivity contribution is 6.32. The minimum Gasteiger partial charge on any atom is -0.374 e. The highest BCUT2D eigenvalue weighted by Crippen LogP contribution is 2.19. The van der Waals surface area contributed by atoms with Crippen molar-refractivity contribution in [2.24, 2.45) is 0 Å². The first-order chi connectivity index (χ1) is 9.63. The molecule has 1 aliphatic rings. The Bertz CT molecular complexity index is 484. The van der Waals surface area contributed by atoms with Crippen molar-refractivity contribution in [2.45, 2.75) is 20.0 Å². The van der Waals surface area contributed by atoms with E-state index in [0.29, 0.717) is 30.0 Å². The average Bonchev–Trinajstić information content (AvgIpc) is 2.45. The van der Waals surface area contributed by atoms with Gasteiger partial charge >= 0.3 is 0 Å². The fourth-order valence-electron chi connectivity index (χ4n) is 2.19. The molecule has 0 saturated carbocycles. The van der Waals surface area contributed by atoms with Crippen LogP contribution < -0.4 is 5.32 Å². The second kappa shape index (κ2) is 6.97. The molecule has 0 radical (unpaired) electrons. The topological polar surface area (TPSA) is 67.3 Å². The summed E-state index contributed by atoms with van der Waals surface area (Å²) in [5, 5.41) is 3.32. The number of hydrogen-bond donors (Lipinski definition) is 1. The van der Waals surface area contributed by atoms with Crippen molar-refractivity contribution in [1.29, 1.82) is 0 Å². The summed E-state index contributed by atoms with van der Waals surface area (Å²) in [7, 11) is 0. The molecular formula is C13H19ClN4O2. The fraction of sp³-hybridized carbons (Fsp3) is 0.615. The van der Waals surface area contributed by atoms with Crippen LogP contribution in [-0.2, 0) is 4.74 Å². The monoisotopic (exact) mass is 298 g/mol. The minimum atomic E-state index is 0.0808. The SMILES string of the molecule is CCN1CCOC(CNc2nc(C)nc(Cl)c2C=O)C1. The van der Waals surface area contributed by atoms with E-state index in [1.165, 1.54) is 0 Å². The van der Waals surface area contributed by atoms with Gasteiger partial charge in [0.15, 0.2) is 6.29 Å². The molecule has 1 aliphatic heterocycles. The van der Waals surface area contributed by atoms with Gasteiger partial charge in [-0.2, -0.15) is 0 Å². The van der Waals surface area contributed by atoms with Gasteiger partial charge in [0.2, 0.25) is 0 Å². The highest BCUT2D eigenvalue weighted by Gasteiger charge is 2.20. The molecule has 1 N–H and O–H groups in total. The van der Waals surface area contributed by atoms with Crippen LogP contribution in [0.5, 0.6) is 0 Å². The number of aromatic nitrogens is 2. The van der Waals surface area contributed by atoms with Gasteiger partial charge in [-0.15, -0.1) is 0 Å². The fourth-order valence-corrected chi connectivity index (χ4v) is 2.44. The number of morpholine rings is 1. The number of carbonyl (C=O) groups excluding carboxylic acids is 1. The van der Waals surface area contributed by atoms with E-state index >= 15 is 0 Å². The van der Waals surface area contributed by atoms with E-state index in [4.69, 9.17) is 16.3 Å². The lowest BCUT2D eigenvalue weighted by atomic mass is 10.2. The van der Waals surface area contributed by atoms with E-state index in [-0.39, 0.29) is 11.3 Å². The number of halogens is 1. The maximum Gasteiger partial charge on any atom is 0.156 e. The lowest BCUT2D eigenvalue weighted by Crippen LogP contribution is -2.45. The largest absolute Gasteiger partial charge is 0.374 e. The second-order valence-electron chi connectivity index (χ2n) is 4.71. The molecule has 2 heterocycles. The molecule has 1 aromatic heterocycles. The molecule has 1 aromatic rings. The van der Waals surface area contributed by atoms with Crippen LogP contribution in [0.4, 0.5) is 5.82 Å². The third-order valence-electron chi connectivity index (χ3n) is 3.30. The number of carbonyl (C=O) groups is 1. The predicted molar refractivity (Wildman–Crippen MR) is 77.5 cm³/mol. The second-order valence-corrected chi connectivity index (χ2v) is 5.07. The summed E-state index contributed by atoms with van der Waals surface area (Å²) in [5.74, 6) is 0.998. The van der Waals surface area contributed by atoms with Gasteiger partial charge in [0.05, 0.1) is 18.3 Å². The molecule has 0 spiro atoms. The van der Waals surface area contributed by atoms with Crippen molar-refractivity contribution in [3.63, 3.8) is 0 Å². The number of nitrogens with zero attached hydrogens (tertiary/aromatic N) is 3. The van der Waals surface area contributed by atoms with Gasteiger partial charge in [0.25, 0.3) is 0 Å². The van der Waals surface area contributed by atoms with Crippen LogP contribution >= 0.6 is 11.6 Å². The number of nitrogens with one attached hydrogen (secondary N) is 1. The van der Waals surface area contributed by atoms with Crippen LogP contribution in [0.1, 0.15) is 23.1 Å². The molecule has 20 heavy (non-hydrogen) atoms. The van der Waals surface area contributed by atoms with Crippen molar-refractivity contribution in [1.82, 2.24) is 14.9 Å². The van der Waals surface area contributed by atoms with E-state index < -0.39 is 0 Å². The molecule has 2 rings (SSSR count). The van der Waals surface area contributed by atoms with Crippen LogP contribution in [0.15, 0.2) is 0 Å².